The van der Waals surface area contributed by atoms with Crippen LogP contribution in [0.2, 0.25) is 0 Å². The molecule has 0 N–H and O–H groups in total. The molecule has 0 aromatic carbocycles. The number of carbonyl (C=O) groups is 1. The molecule has 0 aliphatic heterocycles. The molecule has 0 rings (SSSR count). The van der Waals surface area contributed by atoms with Gasteiger partial charge in [0.1, 0.15) is 5.60 Å². The molecule has 0 bridgehead atoms. The molecule has 0 saturated carbocycles. The molecule has 15 heavy (non-hydrogen) atoms. The van der Waals surface area contributed by atoms with Gasteiger partial charge in [-0.15, -0.1) is 0 Å². The van der Waals surface area contributed by atoms with E-state index in [1.807, 2.05) is 27.7 Å². The van der Waals surface area contributed by atoms with Crippen molar-refractivity contribution in [2.75, 3.05) is 0 Å². The predicted molar refractivity (Wildman–Crippen MR) is 63.7 cm³/mol. The second-order valence-corrected chi connectivity index (χ2v) is 5.28. The Balaban J connectivity index is 4.28. The number of carbonyl (C=O) groups excluding carboxylic acids is 1. The second kappa shape index (κ2) is 6.14. The first-order valence-electron chi connectivity index (χ1n) is 6.04. The van der Waals surface area contributed by atoms with Crippen LogP contribution in [-0.4, -0.2) is 11.6 Å². The summed E-state index contributed by atoms with van der Waals surface area (Å²) in [4.78, 5) is 11.8. The maximum atomic E-state index is 11.8. The number of rotatable bonds is 5. The highest BCUT2D eigenvalue weighted by molar-refractivity contribution is 5.72. The van der Waals surface area contributed by atoms with Gasteiger partial charge in [-0.05, 0) is 33.1 Å². The molecule has 2 heteroatoms. The quantitative estimate of drug-likeness (QED) is 0.651. The lowest BCUT2D eigenvalue weighted by molar-refractivity contribution is -0.161. The first-order chi connectivity index (χ1) is 6.81. The third-order valence-corrected chi connectivity index (χ3v) is 2.67. The van der Waals surface area contributed by atoms with Crippen molar-refractivity contribution in [1.29, 1.82) is 0 Å². The van der Waals surface area contributed by atoms with Gasteiger partial charge in [-0.3, -0.25) is 4.79 Å². The van der Waals surface area contributed by atoms with Gasteiger partial charge in [0, 0.05) is 0 Å². The molecule has 0 aliphatic rings. The molecule has 0 aromatic rings. The first kappa shape index (κ1) is 14.5. The summed E-state index contributed by atoms with van der Waals surface area (Å²) in [5.41, 5.74) is -0.365. The molecule has 2 atom stereocenters. The average molecular weight is 214 g/mol. The fraction of sp³-hybridized carbons (Fsp3) is 0.923. The van der Waals surface area contributed by atoms with Gasteiger partial charge >= 0.3 is 5.97 Å². The van der Waals surface area contributed by atoms with E-state index in [1.54, 1.807) is 0 Å². The maximum absolute atomic E-state index is 11.8. The van der Waals surface area contributed by atoms with E-state index >= 15 is 0 Å². The van der Waals surface area contributed by atoms with Crippen molar-refractivity contribution in [2.45, 2.75) is 66.4 Å². The van der Waals surface area contributed by atoms with Gasteiger partial charge in [0.15, 0.2) is 0 Å². The van der Waals surface area contributed by atoms with Crippen LogP contribution >= 0.6 is 0 Å². The van der Waals surface area contributed by atoms with Gasteiger partial charge in [0.05, 0.1) is 5.92 Å². The minimum Gasteiger partial charge on any atom is -0.460 e. The van der Waals surface area contributed by atoms with Crippen LogP contribution in [0.1, 0.15) is 60.8 Å². The molecule has 0 amide bonds. The normalized spacial score (nSPS) is 15.9. The zero-order valence-corrected chi connectivity index (χ0v) is 11.1. The SMILES string of the molecule is CCCC(CC)C(C)C(=O)OC(C)(C)C. The third kappa shape index (κ3) is 5.81. The molecular weight excluding hydrogens is 188 g/mol. The highest BCUT2D eigenvalue weighted by atomic mass is 16.6. The first-order valence-corrected chi connectivity index (χ1v) is 6.04. The fourth-order valence-corrected chi connectivity index (χ4v) is 1.77. The highest BCUT2D eigenvalue weighted by Crippen LogP contribution is 2.24. The summed E-state index contributed by atoms with van der Waals surface area (Å²) < 4.78 is 5.39. The monoisotopic (exact) mass is 214 g/mol. The standard InChI is InChI=1S/C13H26O2/c1-7-9-11(8-2)10(3)12(14)15-13(4,5)6/h10-11H,7-9H2,1-6H3. The molecule has 0 spiro atoms. The molecular formula is C13H26O2. The van der Waals surface area contributed by atoms with Crippen LogP contribution in [-0.2, 0) is 9.53 Å². The number of esters is 1. The summed E-state index contributed by atoms with van der Waals surface area (Å²) >= 11 is 0. The third-order valence-electron chi connectivity index (χ3n) is 2.67. The fourth-order valence-electron chi connectivity index (χ4n) is 1.77. The van der Waals surface area contributed by atoms with E-state index in [2.05, 4.69) is 13.8 Å². The van der Waals surface area contributed by atoms with Gasteiger partial charge in [-0.25, -0.2) is 0 Å². The van der Waals surface area contributed by atoms with Gasteiger partial charge in [-0.2, -0.15) is 0 Å². The predicted octanol–water partition coefficient (Wildman–Crippen LogP) is 3.79. The molecule has 0 aliphatic carbocycles. The van der Waals surface area contributed by atoms with E-state index in [1.165, 1.54) is 0 Å². The van der Waals surface area contributed by atoms with E-state index in [-0.39, 0.29) is 17.5 Å². The molecule has 0 heterocycles. The van der Waals surface area contributed by atoms with Gasteiger partial charge in [0.25, 0.3) is 0 Å². The second-order valence-electron chi connectivity index (χ2n) is 5.28. The summed E-state index contributed by atoms with van der Waals surface area (Å²) in [6, 6.07) is 0. The Hall–Kier alpha value is -0.530. The van der Waals surface area contributed by atoms with Crippen LogP contribution in [0.3, 0.4) is 0 Å². The number of ether oxygens (including phenoxy) is 1. The van der Waals surface area contributed by atoms with Crippen LogP contribution in [0, 0.1) is 11.8 Å². The topological polar surface area (TPSA) is 26.3 Å². The molecule has 0 saturated heterocycles. The van der Waals surface area contributed by atoms with E-state index in [0.29, 0.717) is 5.92 Å². The van der Waals surface area contributed by atoms with Crippen LogP contribution in [0.15, 0.2) is 0 Å². The molecule has 0 aromatic heterocycles. The van der Waals surface area contributed by atoms with Crippen molar-refractivity contribution in [3.8, 4) is 0 Å². The number of hydrogen-bond acceptors (Lipinski definition) is 2. The van der Waals surface area contributed by atoms with Crippen molar-refractivity contribution < 1.29 is 9.53 Å². The maximum Gasteiger partial charge on any atom is 0.309 e. The largest absolute Gasteiger partial charge is 0.460 e. The Morgan fingerprint density at radius 3 is 2.13 bits per heavy atom. The summed E-state index contributed by atoms with van der Waals surface area (Å²) in [6.07, 6.45) is 3.29. The van der Waals surface area contributed by atoms with Gasteiger partial charge in [-0.1, -0.05) is 33.6 Å². The summed E-state index contributed by atoms with van der Waals surface area (Å²) in [5, 5.41) is 0. The Labute approximate surface area is 94.4 Å². The lowest BCUT2D eigenvalue weighted by Gasteiger charge is -2.26. The van der Waals surface area contributed by atoms with Crippen molar-refractivity contribution in [3.63, 3.8) is 0 Å². The van der Waals surface area contributed by atoms with E-state index in [0.717, 1.165) is 19.3 Å². The Morgan fingerprint density at radius 1 is 1.27 bits per heavy atom. The van der Waals surface area contributed by atoms with Gasteiger partial charge in [0.2, 0.25) is 0 Å². The minimum atomic E-state index is -0.365. The Bertz CT molecular complexity index is 191. The summed E-state index contributed by atoms with van der Waals surface area (Å²) in [5.74, 6) is 0.432. The van der Waals surface area contributed by atoms with Crippen LogP contribution in [0.4, 0.5) is 0 Å². The molecule has 0 fully saturated rings. The van der Waals surface area contributed by atoms with E-state index < -0.39 is 0 Å². The zero-order valence-electron chi connectivity index (χ0n) is 11.1. The summed E-state index contributed by atoms with van der Waals surface area (Å²) in [7, 11) is 0. The van der Waals surface area contributed by atoms with Gasteiger partial charge < -0.3 is 4.74 Å². The minimum absolute atomic E-state index is 0.0224. The molecule has 2 nitrogen and oxygen atoms in total. The van der Waals surface area contributed by atoms with Crippen LogP contribution in [0.5, 0.6) is 0 Å². The van der Waals surface area contributed by atoms with Crippen molar-refractivity contribution in [3.05, 3.63) is 0 Å². The van der Waals surface area contributed by atoms with E-state index in [4.69, 9.17) is 4.74 Å². The van der Waals surface area contributed by atoms with E-state index in [9.17, 15) is 4.79 Å². The summed E-state index contributed by atoms with van der Waals surface area (Å²) in [6.45, 7) is 12.0. The number of hydrogen-bond donors (Lipinski definition) is 0. The molecule has 0 radical (unpaired) electrons. The highest BCUT2D eigenvalue weighted by Gasteiger charge is 2.26. The van der Waals surface area contributed by atoms with Crippen LogP contribution in [0.25, 0.3) is 0 Å². The smallest absolute Gasteiger partial charge is 0.309 e. The Morgan fingerprint density at radius 2 is 1.80 bits per heavy atom. The van der Waals surface area contributed by atoms with Crippen molar-refractivity contribution >= 4 is 5.97 Å². The van der Waals surface area contributed by atoms with Crippen molar-refractivity contribution in [1.82, 2.24) is 0 Å². The zero-order chi connectivity index (χ0) is 12.1. The average Bonchev–Trinajstić information content (AvgIpc) is 2.10. The lowest BCUT2D eigenvalue weighted by atomic mass is 9.88. The van der Waals surface area contributed by atoms with Crippen molar-refractivity contribution in [2.24, 2.45) is 11.8 Å². The van der Waals surface area contributed by atoms with Crippen LogP contribution < -0.4 is 0 Å². The Kier molecular flexibility index (Phi) is 5.92. The molecule has 2 unspecified atom stereocenters. The lowest BCUT2D eigenvalue weighted by Crippen LogP contribution is -2.30. The molecule has 90 valence electrons.